The lowest BCUT2D eigenvalue weighted by atomic mass is 9.84. The molecule has 1 amide bonds. The van der Waals surface area contributed by atoms with E-state index in [1.165, 1.54) is 54.1 Å². The number of benzene rings is 4. The number of rotatable bonds is 6. The van der Waals surface area contributed by atoms with Crippen LogP contribution in [0, 0.1) is 0 Å². The van der Waals surface area contributed by atoms with Crippen molar-refractivity contribution in [3.8, 4) is 0 Å². The van der Waals surface area contributed by atoms with Crippen LogP contribution in [0.2, 0.25) is 10.0 Å². The van der Waals surface area contributed by atoms with Gasteiger partial charge in [-0.05, 0) is 72.6 Å². The average Bonchev–Trinajstić information content (AvgIpc) is 3.00. The van der Waals surface area contributed by atoms with Gasteiger partial charge in [0.15, 0.2) is 0 Å². The number of anilines is 2. The van der Waals surface area contributed by atoms with E-state index in [4.69, 9.17) is 28.9 Å². The van der Waals surface area contributed by atoms with Gasteiger partial charge in [-0.25, -0.2) is 9.59 Å². The van der Waals surface area contributed by atoms with Crippen LogP contribution in [-0.4, -0.2) is 48.6 Å². The number of carbonyl (C=O) groups excluding carboxylic acids is 2. The van der Waals surface area contributed by atoms with Crippen molar-refractivity contribution >= 4 is 52.4 Å². The summed E-state index contributed by atoms with van der Waals surface area (Å²) < 4.78 is 4.49. The predicted molar refractivity (Wildman–Crippen MR) is 174 cm³/mol. The number of carboxylic acid groups (broad SMARTS) is 1. The number of carbonyl (C=O) groups is 3. The number of fused-ring (bicyclic) bond motifs is 1. The van der Waals surface area contributed by atoms with Crippen LogP contribution in [0.4, 0.5) is 11.4 Å². The number of nitrogen functional groups attached to an aromatic ring is 1. The Morgan fingerprint density at radius 2 is 1.59 bits per heavy atom. The Balaban J connectivity index is 0.000000309. The zero-order valence-corrected chi connectivity index (χ0v) is 26.0. The van der Waals surface area contributed by atoms with Gasteiger partial charge in [0.05, 0.1) is 29.8 Å². The van der Waals surface area contributed by atoms with Crippen molar-refractivity contribution in [3.05, 3.63) is 128 Å². The van der Waals surface area contributed by atoms with Crippen LogP contribution in [0.25, 0.3) is 0 Å². The lowest BCUT2D eigenvalue weighted by Crippen LogP contribution is -2.30. The Kier molecular flexibility index (Phi) is 10.7. The number of nitrogens with one attached hydrogen (secondary N) is 1. The molecular formula is C34H33Cl2N3O5. The first kappa shape index (κ1) is 32.5. The average molecular weight is 635 g/mol. The number of ether oxygens (including phenoxy) is 1. The molecule has 0 saturated heterocycles. The third-order valence-corrected chi connectivity index (χ3v) is 7.96. The van der Waals surface area contributed by atoms with Crippen LogP contribution in [0.1, 0.15) is 61.7 Å². The van der Waals surface area contributed by atoms with Crippen LogP contribution < -0.4 is 11.1 Å². The van der Waals surface area contributed by atoms with Crippen molar-refractivity contribution in [1.82, 2.24) is 4.90 Å². The van der Waals surface area contributed by atoms with Gasteiger partial charge in [-0.1, -0.05) is 71.7 Å². The summed E-state index contributed by atoms with van der Waals surface area (Å²) in [5.74, 6) is -2.03. The molecule has 0 spiro atoms. The fourth-order valence-electron chi connectivity index (χ4n) is 5.11. The molecule has 0 bridgehead atoms. The minimum Gasteiger partial charge on any atom is -0.478 e. The number of halogens is 2. The van der Waals surface area contributed by atoms with E-state index in [1.807, 2.05) is 12.1 Å². The standard InChI is InChI=1S/C26H25ClN2O3.C8H8ClNO2/c1-16(25(30)28-24-13-20(27)11-12-22(24)26(31)32)17-7-9-18(10-8-17)23-15-29(2)14-19-5-3-4-6-21(19)23;1-12-8(11)6-3-2-5(9)4-7(6)10/h3-13,16,23H,14-15H2,1-2H3,(H,28,30)(H,31,32);2-4H,10H2,1H3/t16-,23+;/m0./s1. The van der Waals surface area contributed by atoms with E-state index >= 15 is 0 Å². The fraction of sp³-hybridized carbons (Fsp3) is 0.206. The van der Waals surface area contributed by atoms with Gasteiger partial charge in [-0.2, -0.15) is 0 Å². The number of aromatic carboxylic acids is 1. The van der Waals surface area contributed by atoms with E-state index < -0.39 is 17.9 Å². The molecule has 2 atom stereocenters. The Bertz CT molecular complexity index is 1680. The summed E-state index contributed by atoms with van der Waals surface area (Å²) in [5.41, 5.74) is 11.1. The Hall–Kier alpha value is -4.37. The van der Waals surface area contributed by atoms with Gasteiger partial charge in [-0.15, -0.1) is 0 Å². The number of methoxy groups -OCH3 is 1. The van der Waals surface area contributed by atoms with Gasteiger partial charge < -0.3 is 25.8 Å². The van der Waals surface area contributed by atoms with Gasteiger partial charge in [0, 0.05) is 34.7 Å². The van der Waals surface area contributed by atoms with Crippen molar-refractivity contribution in [2.45, 2.75) is 25.3 Å². The summed E-state index contributed by atoms with van der Waals surface area (Å²) in [7, 11) is 3.43. The number of hydrogen-bond donors (Lipinski definition) is 3. The molecular weight excluding hydrogens is 601 g/mol. The molecule has 0 unspecified atom stereocenters. The van der Waals surface area contributed by atoms with Crippen LogP contribution in [0.15, 0.2) is 84.9 Å². The molecule has 1 heterocycles. The highest BCUT2D eigenvalue weighted by atomic mass is 35.5. The van der Waals surface area contributed by atoms with Crippen molar-refractivity contribution in [1.29, 1.82) is 0 Å². The normalized spacial score (nSPS) is 14.8. The van der Waals surface area contributed by atoms with E-state index in [0.717, 1.165) is 18.7 Å². The second-order valence-corrected chi connectivity index (χ2v) is 11.4. The zero-order valence-electron chi connectivity index (χ0n) is 24.5. The molecule has 4 aromatic rings. The number of amides is 1. The Morgan fingerprint density at radius 1 is 0.955 bits per heavy atom. The van der Waals surface area contributed by atoms with Crippen molar-refractivity contribution < 1.29 is 24.2 Å². The minimum atomic E-state index is -1.12. The first-order valence-electron chi connectivity index (χ1n) is 13.8. The molecule has 5 rings (SSSR count). The third-order valence-electron chi connectivity index (χ3n) is 7.49. The van der Waals surface area contributed by atoms with Gasteiger partial charge >= 0.3 is 11.9 Å². The molecule has 0 saturated carbocycles. The summed E-state index contributed by atoms with van der Waals surface area (Å²) in [6.45, 7) is 3.70. The van der Waals surface area contributed by atoms with E-state index in [9.17, 15) is 19.5 Å². The lowest BCUT2D eigenvalue weighted by Gasteiger charge is -2.32. The van der Waals surface area contributed by atoms with E-state index in [2.05, 4.69) is 58.4 Å². The highest BCUT2D eigenvalue weighted by Crippen LogP contribution is 2.33. The molecule has 4 N–H and O–H groups in total. The maximum atomic E-state index is 12.8. The fourth-order valence-corrected chi connectivity index (χ4v) is 5.47. The first-order valence-corrected chi connectivity index (χ1v) is 14.6. The van der Waals surface area contributed by atoms with Gasteiger partial charge in [0.2, 0.25) is 5.91 Å². The van der Waals surface area contributed by atoms with Gasteiger partial charge in [0.1, 0.15) is 0 Å². The van der Waals surface area contributed by atoms with Gasteiger partial charge in [0.25, 0.3) is 0 Å². The number of likely N-dealkylation sites (N-methyl/N-ethyl adjacent to an activating group) is 1. The summed E-state index contributed by atoms with van der Waals surface area (Å²) in [5, 5.41) is 12.9. The SMILES string of the molecule is COC(=O)c1ccc(Cl)cc1N.C[C@H](C(=O)Nc1cc(Cl)ccc1C(=O)O)c1ccc([C@H]2CN(C)Cc3ccccc32)cc1. The first-order chi connectivity index (χ1) is 21.0. The molecule has 1 aliphatic rings. The minimum absolute atomic E-state index is 0.00498. The molecule has 8 nitrogen and oxygen atoms in total. The molecule has 4 aromatic carbocycles. The number of esters is 1. The maximum absolute atomic E-state index is 12.8. The molecule has 0 fully saturated rings. The maximum Gasteiger partial charge on any atom is 0.339 e. The molecule has 0 aromatic heterocycles. The number of nitrogens with zero attached hydrogens (tertiary/aromatic N) is 1. The molecule has 0 radical (unpaired) electrons. The van der Waals surface area contributed by atoms with Crippen molar-refractivity contribution in [3.63, 3.8) is 0 Å². The monoisotopic (exact) mass is 633 g/mol. The summed E-state index contributed by atoms with van der Waals surface area (Å²) in [4.78, 5) is 37.6. The highest BCUT2D eigenvalue weighted by Gasteiger charge is 2.25. The highest BCUT2D eigenvalue weighted by molar-refractivity contribution is 6.31. The van der Waals surface area contributed by atoms with E-state index in [0.29, 0.717) is 21.3 Å². The lowest BCUT2D eigenvalue weighted by molar-refractivity contribution is -0.117. The molecule has 10 heteroatoms. The molecule has 228 valence electrons. The quantitative estimate of drug-likeness (QED) is 0.153. The predicted octanol–water partition coefficient (Wildman–Crippen LogP) is 7.07. The number of nitrogens with two attached hydrogens (primary N) is 1. The Morgan fingerprint density at radius 3 is 2.23 bits per heavy atom. The van der Waals surface area contributed by atoms with Crippen LogP contribution >= 0.6 is 23.2 Å². The molecule has 0 aliphatic carbocycles. The summed E-state index contributed by atoms with van der Waals surface area (Å²) >= 11 is 11.6. The second kappa shape index (κ2) is 14.4. The smallest absolute Gasteiger partial charge is 0.339 e. The third kappa shape index (κ3) is 7.77. The van der Waals surface area contributed by atoms with Crippen molar-refractivity contribution in [2.24, 2.45) is 0 Å². The number of hydrogen-bond acceptors (Lipinski definition) is 6. The zero-order chi connectivity index (χ0) is 32.0. The van der Waals surface area contributed by atoms with Crippen molar-refractivity contribution in [2.75, 3.05) is 31.8 Å². The van der Waals surface area contributed by atoms with E-state index in [-0.39, 0.29) is 23.1 Å². The second-order valence-electron chi connectivity index (χ2n) is 10.5. The molecule has 44 heavy (non-hydrogen) atoms. The van der Waals surface area contributed by atoms with E-state index in [1.54, 1.807) is 13.0 Å². The Labute approximate surface area is 266 Å². The van der Waals surface area contributed by atoms with Crippen LogP contribution in [-0.2, 0) is 16.1 Å². The largest absolute Gasteiger partial charge is 0.478 e. The van der Waals surface area contributed by atoms with Crippen LogP contribution in [0.5, 0.6) is 0 Å². The van der Waals surface area contributed by atoms with Gasteiger partial charge in [-0.3, -0.25) is 4.79 Å². The topological polar surface area (TPSA) is 122 Å². The number of carboxylic acids is 1. The summed E-state index contributed by atoms with van der Waals surface area (Å²) in [6.07, 6.45) is 0. The molecule has 1 aliphatic heterocycles. The summed E-state index contributed by atoms with van der Waals surface area (Å²) in [6, 6.07) is 25.6. The van der Waals surface area contributed by atoms with Crippen LogP contribution in [0.3, 0.4) is 0 Å².